The zero-order valence-electron chi connectivity index (χ0n) is 34.7. The fraction of sp³-hybridized carbons (Fsp3) is 0. The second-order valence-electron chi connectivity index (χ2n) is 16.8. The SMILES string of the molecule is c1ccc([Si](c2ccccc2)(c2cccc3c2oc2ccc(-c4cc5c(cn4)oc4ccccc45)cc23)c2cccc3c2sc2ccc(-c4cc5c(cn4)sc4ccccc45)cc23)cc1. The average molecular weight is 883 g/mol. The Balaban J connectivity index is 0.993. The number of thiophene rings is 2. The first-order chi connectivity index (χ1) is 32.2. The molecule has 0 aliphatic carbocycles. The largest absolute Gasteiger partial charge is 0.456 e. The monoisotopic (exact) mass is 882 g/mol. The van der Waals surface area contributed by atoms with Gasteiger partial charge >= 0.3 is 0 Å². The van der Waals surface area contributed by atoms with E-state index in [1.54, 1.807) is 11.3 Å². The molecule has 0 radical (unpaired) electrons. The van der Waals surface area contributed by atoms with Crippen molar-refractivity contribution in [2.45, 2.75) is 0 Å². The van der Waals surface area contributed by atoms with Gasteiger partial charge in [-0.25, -0.2) is 0 Å². The summed E-state index contributed by atoms with van der Waals surface area (Å²) in [6.07, 6.45) is 3.89. The summed E-state index contributed by atoms with van der Waals surface area (Å²) in [5.41, 5.74) is 7.45. The summed E-state index contributed by atoms with van der Waals surface area (Å²) in [7, 11) is -3.12. The average Bonchev–Trinajstić information content (AvgIpc) is 4.15. The summed E-state index contributed by atoms with van der Waals surface area (Å²) in [4.78, 5) is 9.90. The van der Waals surface area contributed by atoms with E-state index in [0.717, 1.165) is 66.4 Å². The number of fused-ring (bicyclic) bond motifs is 12. The number of hydrogen-bond donors (Lipinski definition) is 0. The van der Waals surface area contributed by atoms with Gasteiger partial charge in [0, 0.05) is 74.5 Å². The molecule has 65 heavy (non-hydrogen) atoms. The van der Waals surface area contributed by atoms with Crippen LogP contribution in [0.15, 0.2) is 215 Å². The lowest BCUT2D eigenvalue weighted by Crippen LogP contribution is -2.74. The highest BCUT2D eigenvalue weighted by atomic mass is 32.1. The molecule has 0 bridgehead atoms. The number of nitrogens with zero attached hydrogens (tertiary/aromatic N) is 2. The third-order valence-electron chi connectivity index (χ3n) is 13.3. The molecular formula is C58H34N2O2S2Si. The molecule has 0 aliphatic rings. The molecule has 304 valence electrons. The maximum Gasteiger partial charge on any atom is 0.185 e. The van der Waals surface area contributed by atoms with E-state index in [4.69, 9.17) is 18.8 Å². The summed E-state index contributed by atoms with van der Waals surface area (Å²) in [6.45, 7) is 0. The molecule has 0 saturated heterocycles. The number of aromatic nitrogens is 2. The Bertz CT molecular complexity index is 3930. The number of hydrogen-bond acceptors (Lipinski definition) is 6. The fourth-order valence-corrected chi connectivity index (χ4v) is 18.1. The van der Waals surface area contributed by atoms with Crippen LogP contribution in [0, 0.1) is 0 Å². The Morgan fingerprint density at radius 2 is 0.938 bits per heavy atom. The molecule has 0 saturated carbocycles. The Kier molecular flexibility index (Phi) is 8.01. The fourth-order valence-electron chi connectivity index (χ4n) is 10.4. The molecule has 6 heterocycles. The van der Waals surface area contributed by atoms with Crippen LogP contribution >= 0.6 is 22.7 Å². The van der Waals surface area contributed by atoms with Gasteiger partial charge in [0.1, 0.15) is 16.7 Å². The molecule has 0 unspecified atom stereocenters. The predicted octanol–water partition coefficient (Wildman–Crippen LogP) is 13.7. The summed E-state index contributed by atoms with van der Waals surface area (Å²) in [5, 5.41) is 14.5. The van der Waals surface area contributed by atoms with E-state index in [2.05, 4.69) is 182 Å². The number of pyridine rings is 2. The van der Waals surface area contributed by atoms with Crippen molar-refractivity contribution in [1.29, 1.82) is 0 Å². The third kappa shape index (κ3) is 5.47. The highest BCUT2D eigenvalue weighted by Gasteiger charge is 2.45. The first-order valence-electron chi connectivity index (χ1n) is 21.8. The smallest absolute Gasteiger partial charge is 0.185 e. The lowest BCUT2D eigenvalue weighted by atomic mass is 10.0. The van der Waals surface area contributed by atoms with E-state index in [1.165, 1.54) is 61.1 Å². The van der Waals surface area contributed by atoms with Crippen molar-refractivity contribution < 1.29 is 8.83 Å². The zero-order valence-corrected chi connectivity index (χ0v) is 37.3. The standard InChI is InChI=1S/C58H34N2O2S2Si/c1-3-13-37(14-4-1)65(38-15-5-2-6-16-38,55-23-11-19-41-43-29-35(25-27-50(43)62-57(41)55)47-31-44-39-17-7-9-21-49(39)61-51(44)33-59-47)56-24-12-20-42-45-30-36(26-28-53(45)64-58(42)56)48-32-46-40-18-8-10-22-52(40)63-54(46)34-60-48/h1-34H. The molecule has 0 aliphatic heterocycles. The molecule has 6 aromatic heterocycles. The quantitative estimate of drug-likeness (QED) is 0.123. The third-order valence-corrected chi connectivity index (χ3v) is 20.7. The van der Waals surface area contributed by atoms with Gasteiger partial charge in [-0.05, 0) is 75.3 Å². The van der Waals surface area contributed by atoms with Crippen molar-refractivity contribution in [3.63, 3.8) is 0 Å². The number of rotatable bonds is 6. The molecule has 7 heteroatoms. The maximum absolute atomic E-state index is 7.14. The van der Waals surface area contributed by atoms with Crippen LogP contribution < -0.4 is 20.7 Å². The Morgan fingerprint density at radius 3 is 1.75 bits per heavy atom. The van der Waals surface area contributed by atoms with Gasteiger partial charge in [-0.3, -0.25) is 9.97 Å². The van der Waals surface area contributed by atoms with Crippen molar-refractivity contribution in [2.24, 2.45) is 0 Å². The molecule has 0 N–H and O–H groups in total. The van der Waals surface area contributed by atoms with E-state index in [0.29, 0.717) is 0 Å². The minimum atomic E-state index is -3.12. The van der Waals surface area contributed by atoms with Crippen molar-refractivity contribution in [2.75, 3.05) is 0 Å². The lowest BCUT2D eigenvalue weighted by Gasteiger charge is -2.34. The van der Waals surface area contributed by atoms with Gasteiger partial charge < -0.3 is 8.83 Å². The minimum Gasteiger partial charge on any atom is -0.456 e. The first-order valence-corrected chi connectivity index (χ1v) is 25.4. The van der Waals surface area contributed by atoms with Gasteiger partial charge in [-0.15, -0.1) is 22.7 Å². The van der Waals surface area contributed by atoms with Gasteiger partial charge in [0.05, 0.1) is 22.3 Å². The number of para-hydroxylation sites is 2. The number of furan rings is 2. The van der Waals surface area contributed by atoms with Crippen LogP contribution in [0.5, 0.6) is 0 Å². The normalized spacial score (nSPS) is 12.3. The highest BCUT2D eigenvalue weighted by molar-refractivity contribution is 7.31. The Morgan fingerprint density at radius 1 is 0.354 bits per heavy atom. The second-order valence-corrected chi connectivity index (χ2v) is 22.7. The van der Waals surface area contributed by atoms with Crippen LogP contribution in [0.25, 0.3) is 107 Å². The van der Waals surface area contributed by atoms with Gasteiger partial charge in [-0.1, -0.05) is 140 Å². The Hall–Kier alpha value is -7.68. The minimum absolute atomic E-state index is 0.786. The van der Waals surface area contributed by atoms with Crippen molar-refractivity contribution >= 4 is 136 Å². The molecule has 0 fully saturated rings. The highest BCUT2D eigenvalue weighted by Crippen LogP contribution is 2.40. The summed E-state index contributed by atoms with van der Waals surface area (Å²) >= 11 is 3.69. The second kappa shape index (κ2) is 14.2. The molecule has 0 amide bonds. The topological polar surface area (TPSA) is 52.1 Å². The van der Waals surface area contributed by atoms with Crippen molar-refractivity contribution in [3.8, 4) is 22.5 Å². The molecule has 14 rings (SSSR count). The van der Waals surface area contributed by atoms with Crippen molar-refractivity contribution in [3.05, 3.63) is 207 Å². The molecular weight excluding hydrogens is 849 g/mol. The van der Waals surface area contributed by atoms with Crippen LogP contribution in [-0.2, 0) is 0 Å². The molecule has 14 aromatic rings. The summed E-state index contributed by atoms with van der Waals surface area (Å²) in [6, 6.07) is 70.7. The summed E-state index contributed by atoms with van der Waals surface area (Å²) in [5.74, 6) is 0. The van der Waals surface area contributed by atoms with Crippen LogP contribution in [0.4, 0.5) is 0 Å². The maximum atomic E-state index is 7.14. The summed E-state index contributed by atoms with van der Waals surface area (Å²) < 4.78 is 18.3. The number of benzene rings is 8. The van der Waals surface area contributed by atoms with Crippen molar-refractivity contribution in [1.82, 2.24) is 9.97 Å². The van der Waals surface area contributed by atoms with E-state index < -0.39 is 8.07 Å². The molecule has 4 nitrogen and oxygen atoms in total. The molecule has 8 aromatic carbocycles. The zero-order chi connectivity index (χ0) is 42.6. The van der Waals surface area contributed by atoms with Crippen LogP contribution in [0.3, 0.4) is 0 Å². The van der Waals surface area contributed by atoms with E-state index in [9.17, 15) is 0 Å². The Labute approximate surface area is 381 Å². The molecule has 0 spiro atoms. The van der Waals surface area contributed by atoms with Crippen LogP contribution in [-0.4, -0.2) is 18.0 Å². The molecule has 0 atom stereocenters. The van der Waals surface area contributed by atoms with Gasteiger partial charge in [0.25, 0.3) is 0 Å². The lowest BCUT2D eigenvalue weighted by molar-refractivity contribution is 0.667. The van der Waals surface area contributed by atoms with Crippen LogP contribution in [0.1, 0.15) is 0 Å². The predicted molar refractivity (Wildman–Crippen MR) is 277 cm³/mol. The van der Waals surface area contributed by atoms with Gasteiger partial charge in [0.2, 0.25) is 0 Å². The first kappa shape index (κ1) is 36.8. The van der Waals surface area contributed by atoms with E-state index in [1.807, 2.05) is 35.9 Å². The van der Waals surface area contributed by atoms with Gasteiger partial charge in [-0.2, -0.15) is 0 Å². The van der Waals surface area contributed by atoms with Crippen LogP contribution in [0.2, 0.25) is 0 Å². The van der Waals surface area contributed by atoms with E-state index >= 15 is 0 Å². The van der Waals surface area contributed by atoms with Gasteiger partial charge in [0.15, 0.2) is 13.7 Å². The van der Waals surface area contributed by atoms with E-state index in [-0.39, 0.29) is 0 Å².